The second-order valence-corrected chi connectivity index (χ2v) is 4.28. The van der Waals surface area contributed by atoms with Gasteiger partial charge in [-0.1, -0.05) is 0 Å². The maximum absolute atomic E-state index is 12.2. The summed E-state index contributed by atoms with van der Waals surface area (Å²) >= 11 is 0. The summed E-state index contributed by atoms with van der Waals surface area (Å²) in [6.45, 7) is 2.97. The van der Waals surface area contributed by atoms with Gasteiger partial charge >= 0.3 is 12.0 Å². The molecule has 0 aromatic heterocycles. The molecule has 1 rings (SSSR count). The zero-order chi connectivity index (χ0) is 13.4. The van der Waals surface area contributed by atoms with Crippen molar-refractivity contribution in [3.63, 3.8) is 0 Å². The van der Waals surface area contributed by atoms with E-state index in [0.717, 1.165) is 25.9 Å². The third kappa shape index (κ3) is 4.52. The number of esters is 1. The van der Waals surface area contributed by atoms with Crippen LogP contribution in [0.2, 0.25) is 0 Å². The van der Waals surface area contributed by atoms with Crippen molar-refractivity contribution in [2.75, 3.05) is 47.0 Å². The van der Waals surface area contributed by atoms with E-state index in [0.29, 0.717) is 19.7 Å². The van der Waals surface area contributed by atoms with E-state index >= 15 is 0 Å². The molecule has 1 heterocycles. The van der Waals surface area contributed by atoms with Gasteiger partial charge < -0.3 is 19.3 Å². The Balaban J connectivity index is 2.47. The number of hydrogen-bond donors (Lipinski definition) is 0. The van der Waals surface area contributed by atoms with Crippen LogP contribution >= 0.6 is 0 Å². The topological polar surface area (TPSA) is 59.1 Å². The fraction of sp³-hybridized carbons (Fsp3) is 0.833. The molecule has 0 unspecified atom stereocenters. The summed E-state index contributed by atoms with van der Waals surface area (Å²) in [4.78, 5) is 26.8. The molecule has 2 amide bonds. The van der Waals surface area contributed by atoms with E-state index in [9.17, 15) is 9.59 Å². The number of ether oxygens (including phenoxy) is 2. The summed E-state index contributed by atoms with van der Waals surface area (Å²) in [5.41, 5.74) is 0. The van der Waals surface area contributed by atoms with Crippen LogP contribution in [0.4, 0.5) is 4.79 Å². The van der Waals surface area contributed by atoms with Gasteiger partial charge in [-0.25, -0.2) is 4.79 Å². The van der Waals surface area contributed by atoms with Gasteiger partial charge in [-0.05, 0) is 12.8 Å². The Kier molecular flexibility index (Phi) is 6.49. The molecule has 1 fully saturated rings. The number of amides is 2. The van der Waals surface area contributed by atoms with Crippen molar-refractivity contribution < 1.29 is 19.1 Å². The molecule has 0 saturated carbocycles. The highest BCUT2D eigenvalue weighted by Crippen LogP contribution is 2.11. The van der Waals surface area contributed by atoms with E-state index in [-0.39, 0.29) is 18.4 Å². The average Bonchev–Trinajstić information content (AvgIpc) is 2.91. The minimum Gasteiger partial charge on any atom is -0.469 e. The summed E-state index contributed by atoms with van der Waals surface area (Å²) in [5.74, 6) is -0.299. The molecular weight excluding hydrogens is 236 g/mol. The Bertz CT molecular complexity index is 277. The van der Waals surface area contributed by atoms with Gasteiger partial charge in [0.05, 0.1) is 20.1 Å². The lowest BCUT2D eigenvalue weighted by atomic mass is 10.4. The number of likely N-dealkylation sites (tertiary alicyclic amines) is 1. The maximum atomic E-state index is 12.2. The zero-order valence-electron chi connectivity index (χ0n) is 11.2. The Labute approximate surface area is 108 Å². The summed E-state index contributed by atoms with van der Waals surface area (Å²) in [6, 6.07) is -0.00606. The Morgan fingerprint density at radius 1 is 1.17 bits per heavy atom. The molecule has 0 aromatic rings. The zero-order valence-corrected chi connectivity index (χ0v) is 11.2. The van der Waals surface area contributed by atoms with Gasteiger partial charge in [0.2, 0.25) is 0 Å². The molecule has 18 heavy (non-hydrogen) atoms. The van der Waals surface area contributed by atoms with E-state index in [1.54, 1.807) is 12.0 Å². The quantitative estimate of drug-likeness (QED) is 0.658. The van der Waals surface area contributed by atoms with Gasteiger partial charge in [0.1, 0.15) is 0 Å². The summed E-state index contributed by atoms with van der Waals surface area (Å²) in [5, 5.41) is 0. The molecule has 0 bridgehead atoms. The van der Waals surface area contributed by atoms with E-state index in [1.807, 2.05) is 4.90 Å². The monoisotopic (exact) mass is 258 g/mol. The first-order chi connectivity index (χ1) is 8.69. The lowest BCUT2D eigenvalue weighted by Gasteiger charge is -2.27. The lowest BCUT2D eigenvalue weighted by molar-refractivity contribution is -0.140. The highest BCUT2D eigenvalue weighted by molar-refractivity contribution is 5.76. The normalized spacial score (nSPS) is 14.7. The fourth-order valence-corrected chi connectivity index (χ4v) is 1.94. The molecular formula is C12H22N2O4. The summed E-state index contributed by atoms with van der Waals surface area (Å²) < 4.78 is 9.58. The fourth-order valence-electron chi connectivity index (χ4n) is 1.94. The van der Waals surface area contributed by atoms with Crippen molar-refractivity contribution in [3.05, 3.63) is 0 Å². The van der Waals surface area contributed by atoms with Crippen molar-refractivity contribution in [1.82, 2.24) is 9.80 Å². The van der Waals surface area contributed by atoms with E-state index in [1.165, 1.54) is 7.11 Å². The van der Waals surface area contributed by atoms with Gasteiger partial charge in [-0.2, -0.15) is 0 Å². The van der Waals surface area contributed by atoms with Crippen LogP contribution in [0, 0.1) is 0 Å². The van der Waals surface area contributed by atoms with Crippen LogP contribution in [0.5, 0.6) is 0 Å². The summed E-state index contributed by atoms with van der Waals surface area (Å²) in [6.07, 6.45) is 2.33. The van der Waals surface area contributed by atoms with Gasteiger partial charge in [-0.15, -0.1) is 0 Å². The number of methoxy groups -OCH3 is 2. The summed E-state index contributed by atoms with van der Waals surface area (Å²) in [7, 11) is 2.95. The average molecular weight is 258 g/mol. The lowest BCUT2D eigenvalue weighted by Crippen LogP contribution is -2.44. The first-order valence-corrected chi connectivity index (χ1v) is 6.28. The van der Waals surface area contributed by atoms with Crippen molar-refractivity contribution in [2.24, 2.45) is 0 Å². The van der Waals surface area contributed by atoms with Crippen LogP contribution in [-0.4, -0.2) is 68.8 Å². The van der Waals surface area contributed by atoms with E-state index in [2.05, 4.69) is 4.74 Å². The molecule has 0 radical (unpaired) electrons. The standard InChI is InChI=1S/C12H22N2O4/c1-17-10-9-14(8-5-11(15)18-2)12(16)13-6-3-4-7-13/h3-10H2,1-2H3. The predicted octanol–water partition coefficient (Wildman–Crippen LogP) is 0.714. The number of urea groups is 1. The van der Waals surface area contributed by atoms with Crippen LogP contribution in [0.1, 0.15) is 19.3 Å². The van der Waals surface area contributed by atoms with Gasteiger partial charge in [0.15, 0.2) is 0 Å². The number of hydrogen-bond acceptors (Lipinski definition) is 4. The van der Waals surface area contributed by atoms with Crippen LogP contribution in [-0.2, 0) is 14.3 Å². The largest absolute Gasteiger partial charge is 0.469 e. The van der Waals surface area contributed by atoms with Crippen molar-refractivity contribution >= 4 is 12.0 Å². The van der Waals surface area contributed by atoms with E-state index < -0.39 is 0 Å². The number of rotatable bonds is 6. The minimum atomic E-state index is -0.299. The number of carbonyl (C=O) groups excluding carboxylic acids is 2. The van der Waals surface area contributed by atoms with Gasteiger partial charge in [0.25, 0.3) is 0 Å². The highest BCUT2D eigenvalue weighted by Gasteiger charge is 2.23. The number of carbonyl (C=O) groups is 2. The molecule has 6 nitrogen and oxygen atoms in total. The van der Waals surface area contributed by atoms with Gasteiger partial charge in [-0.3, -0.25) is 4.79 Å². The molecule has 1 aliphatic rings. The molecule has 6 heteroatoms. The first-order valence-electron chi connectivity index (χ1n) is 6.28. The van der Waals surface area contributed by atoms with Crippen LogP contribution in [0.15, 0.2) is 0 Å². The second kappa shape index (κ2) is 7.92. The molecule has 0 atom stereocenters. The third-order valence-electron chi connectivity index (χ3n) is 3.03. The van der Waals surface area contributed by atoms with Crippen LogP contribution < -0.4 is 0 Å². The van der Waals surface area contributed by atoms with Crippen molar-refractivity contribution in [3.8, 4) is 0 Å². The maximum Gasteiger partial charge on any atom is 0.320 e. The molecule has 1 saturated heterocycles. The Hall–Kier alpha value is -1.30. The highest BCUT2D eigenvalue weighted by atomic mass is 16.5. The predicted molar refractivity (Wildman–Crippen MR) is 66.3 cm³/mol. The molecule has 0 aromatic carbocycles. The Morgan fingerprint density at radius 3 is 2.39 bits per heavy atom. The third-order valence-corrected chi connectivity index (χ3v) is 3.03. The minimum absolute atomic E-state index is 0.00606. The molecule has 0 N–H and O–H groups in total. The molecule has 1 aliphatic heterocycles. The van der Waals surface area contributed by atoms with Crippen LogP contribution in [0.3, 0.4) is 0 Å². The second-order valence-electron chi connectivity index (χ2n) is 4.28. The number of nitrogens with zero attached hydrogens (tertiary/aromatic N) is 2. The van der Waals surface area contributed by atoms with E-state index in [4.69, 9.17) is 4.74 Å². The van der Waals surface area contributed by atoms with Crippen molar-refractivity contribution in [1.29, 1.82) is 0 Å². The molecule has 0 aliphatic carbocycles. The Morgan fingerprint density at radius 2 is 1.83 bits per heavy atom. The van der Waals surface area contributed by atoms with Crippen LogP contribution in [0.25, 0.3) is 0 Å². The van der Waals surface area contributed by atoms with Crippen molar-refractivity contribution in [2.45, 2.75) is 19.3 Å². The molecule has 104 valence electrons. The molecule has 0 spiro atoms. The first kappa shape index (κ1) is 14.8. The smallest absolute Gasteiger partial charge is 0.320 e. The van der Waals surface area contributed by atoms with Gasteiger partial charge in [0, 0.05) is 33.3 Å². The SMILES string of the molecule is COCCN(CCC(=O)OC)C(=O)N1CCCC1.